The lowest BCUT2D eigenvalue weighted by Gasteiger charge is -2.20. The summed E-state index contributed by atoms with van der Waals surface area (Å²) in [5, 5.41) is 31.0. The maximum absolute atomic E-state index is 11.6. The third-order valence-electron chi connectivity index (χ3n) is 7.38. The van der Waals surface area contributed by atoms with Gasteiger partial charge in [-0.2, -0.15) is 10.5 Å². The molecule has 0 aliphatic carbocycles. The van der Waals surface area contributed by atoms with Gasteiger partial charge in [0.2, 0.25) is 0 Å². The number of carboxylic acid groups (broad SMARTS) is 1. The second kappa shape index (κ2) is 14.5. The van der Waals surface area contributed by atoms with Crippen molar-refractivity contribution < 1.29 is 28.8 Å². The van der Waals surface area contributed by atoms with Crippen LogP contribution in [0.5, 0.6) is 23.0 Å². The van der Waals surface area contributed by atoms with E-state index in [0.29, 0.717) is 40.9 Å². The number of hydrogen-bond acceptors (Lipinski definition) is 8. The first-order chi connectivity index (χ1) is 21.9. The Bertz CT molecular complexity index is 1800. The van der Waals surface area contributed by atoms with Crippen LogP contribution in [0.2, 0.25) is 5.02 Å². The molecule has 1 atom stereocenters. The molecule has 228 valence electrons. The molecular weight excluding hydrogens is 594 g/mol. The van der Waals surface area contributed by atoms with Crippen LogP contribution in [-0.2, 0) is 24.6 Å². The zero-order valence-electron chi connectivity index (χ0n) is 24.5. The molecule has 45 heavy (non-hydrogen) atoms. The summed E-state index contributed by atoms with van der Waals surface area (Å²) in [6.07, 6.45) is -0.202. The molecule has 0 unspecified atom stereocenters. The molecule has 0 amide bonds. The number of halogens is 1. The molecule has 0 fully saturated rings. The van der Waals surface area contributed by atoms with Crippen LogP contribution >= 0.6 is 11.6 Å². The maximum Gasteiger partial charge on any atom is 0.321 e. The molecule has 5 rings (SSSR count). The maximum atomic E-state index is 11.6. The van der Waals surface area contributed by atoms with Gasteiger partial charge in [-0.1, -0.05) is 48.0 Å². The quantitative estimate of drug-likeness (QED) is 0.180. The largest absolute Gasteiger partial charge is 0.488 e. The Labute approximate surface area is 266 Å². The first kappa shape index (κ1) is 31.2. The smallest absolute Gasteiger partial charge is 0.321 e. The molecule has 4 aromatic rings. The average Bonchev–Trinajstić information content (AvgIpc) is 3.05. The number of nitrogens with one attached hydrogen (secondary N) is 1. The second-order valence-electron chi connectivity index (χ2n) is 10.4. The predicted molar refractivity (Wildman–Crippen MR) is 167 cm³/mol. The molecule has 0 bridgehead atoms. The van der Waals surface area contributed by atoms with E-state index in [1.165, 1.54) is 0 Å². The van der Waals surface area contributed by atoms with Crippen LogP contribution in [0.3, 0.4) is 0 Å². The van der Waals surface area contributed by atoms with Crippen molar-refractivity contribution in [1.29, 1.82) is 10.5 Å². The molecule has 1 aliphatic heterocycles. The van der Waals surface area contributed by atoms with Crippen molar-refractivity contribution in [2.45, 2.75) is 39.1 Å². The number of nitriles is 2. The van der Waals surface area contributed by atoms with Crippen molar-refractivity contribution in [3.8, 4) is 46.3 Å². The number of nitrogens with zero attached hydrogens (tertiary/aromatic N) is 2. The number of carboxylic acids is 1. The molecule has 0 radical (unpaired) electrons. The van der Waals surface area contributed by atoms with Crippen LogP contribution < -0.4 is 24.3 Å². The van der Waals surface area contributed by atoms with E-state index in [0.717, 1.165) is 39.3 Å². The topological polar surface area (TPSA) is 134 Å². The van der Waals surface area contributed by atoms with Gasteiger partial charge in [0.1, 0.15) is 44.0 Å². The number of rotatable bonds is 12. The lowest BCUT2D eigenvalue weighted by atomic mass is 9.96. The van der Waals surface area contributed by atoms with Crippen molar-refractivity contribution in [3.63, 3.8) is 0 Å². The van der Waals surface area contributed by atoms with Gasteiger partial charge in [-0.05, 0) is 65.1 Å². The Morgan fingerprint density at radius 2 is 1.73 bits per heavy atom. The van der Waals surface area contributed by atoms with E-state index in [1.807, 2.05) is 55.5 Å². The lowest BCUT2D eigenvalue weighted by Crippen LogP contribution is -2.35. The first-order valence-electron chi connectivity index (χ1n) is 14.2. The minimum atomic E-state index is -1.13. The molecule has 1 aliphatic rings. The van der Waals surface area contributed by atoms with E-state index in [9.17, 15) is 15.2 Å². The summed E-state index contributed by atoms with van der Waals surface area (Å²) in [5.74, 6) is 1.13. The minimum Gasteiger partial charge on any atom is -0.488 e. The highest BCUT2D eigenvalue weighted by Gasteiger charge is 2.19. The van der Waals surface area contributed by atoms with Crippen molar-refractivity contribution >= 4 is 17.6 Å². The second-order valence-corrected chi connectivity index (χ2v) is 10.8. The summed E-state index contributed by atoms with van der Waals surface area (Å²) in [6.45, 7) is 3.55. The highest BCUT2D eigenvalue weighted by molar-refractivity contribution is 6.32. The summed E-state index contributed by atoms with van der Waals surface area (Å²) in [5.41, 5.74) is 5.91. The third-order valence-corrected chi connectivity index (χ3v) is 7.68. The molecule has 1 heterocycles. The Morgan fingerprint density at radius 3 is 2.51 bits per heavy atom. The highest BCUT2D eigenvalue weighted by Crippen LogP contribution is 2.37. The minimum absolute atomic E-state index is 0.0862. The number of fused-ring (bicyclic) bond motifs is 1. The standard InChI is InChI=1S/C35H30ClN3O6/c1-22-26(6-3-7-28(22)25-8-9-31-34(16-25)43-13-12-42-31)21-45-33-17-32(44-20-24-5-2-4-23(14-24)18-38)27(15-29(33)36)19-39-30(10-11-37)35(40)41/h2-9,14-17,30,39H,10,12-13,19-21H2,1H3,(H,40,41)/t30-/m0/s1. The van der Waals surface area contributed by atoms with Gasteiger partial charge in [0.25, 0.3) is 0 Å². The summed E-state index contributed by atoms with van der Waals surface area (Å²) >= 11 is 6.66. The van der Waals surface area contributed by atoms with E-state index in [2.05, 4.69) is 11.4 Å². The SMILES string of the molecule is Cc1c(COc2cc(OCc3cccc(C#N)c3)c(CN[C@@H](CC#N)C(=O)O)cc2Cl)cccc1-c1ccc2c(c1)OCCO2. The van der Waals surface area contributed by atoms with Gasteiger partial charge in [-0.3, -0.25) is 10.1 Å². The van der Waals surface area contributed by atoms with E-state index >= 15 is 0 Å². The lowest BCUT2D eigenvalue weighted by molar-refractivity contribution is -0.139. The van der Waals surface area contributed by atoms with Gasteiger partial charge in [0.05, 0.1) is 29.1 Å². The van der Waals surface area contributed by atoms with Crippen LogP contribution in [0, 0.1) is 29.6 Å². The van der Waals surface area contributed by atoms with Gasteiger partial charge in [-0.25, -0.2) is 0 Å². The van der Waals surface area contributed by atoms with E-state index < -0.39 is 12.0 Å². The van der Waals surface area contributed by atoms with Crippen LogP contribution in [0.1, 0.15) is 34.2 Å². The summed E-state index contributed by atoms with van der Waals surface area (Å²) < 4.78 is 23.8. The summed E-state index contributed by atoms with van der Waals surface area (Å²) in [7, 11) is 0. The average molecular weight is 624 g/mol. The molecule has 0 saturated heterocycles. The molecular formula is C35H30ClN3O6. The highest BCUT2D eigenvalue weighted by atomic mass is 35.5. The fourth-order valence-electron chi connectivity index (χ4n) is 4.94. The van der Waals surface area contributed by atoms with Crippen LogP contribution in [0.15, 0.2) is 72.8 Å². The Kier molecular flexibility index (Phi) is 10.1. The van der Waals surface area contributed by atoms with Crippen LogP contribution in [0.4, 0.5) is 0 Å². The van der Waals surface area contributed by atoms with E-state index in [-0.39, 0.29) is 26.2 Å². The predicted octanol–water partition coefficient (Wildman–Crippen LogP) is 6.57. The molecule has 0 spiro atoms. The molecule has 2 N–H and O–H groups in total. The number of carbonyl (C=O) groups is 1. The number of benzene rings is 4. The van der Waals surface area contributed by atoms with E-state index in [4.69, 9.17) is 35.8 Å². The van der Waals surface area contributed by atoms with Crippen molar-refractivity contribution in [3.05, 3.63) is 106 Å². The Balaban J connectivity index is 1.38. The molecule has 0 aromatic heterocycles. The van der Waals surface area contributed by atoms with Gasteiger partial charge in [0.15, 0.2) is 11.5 Å². The van der Waals surface area contributed by atoms with Crippen LogP contribution in [-0.4, -0.2) is 30.3 Å². The zero-order chi connectivity index (χ0) is 31.8. The molecule has 0 saturated carbocycles. The fraction of sp³-hybridized carbons (Fsp3) is 0.229. The fourth-order valence-corrected chi connectivity index (χ4v) is 5.18. The van der Waals surface area contributed by atoms with Gasteiger partial charge in [0, 0.05) is 18.2 Å². The van der Waals surface area contributed by atoms with Crippen LogP contribution in [0.25, 0.3) is 11.1 Å². The summed E-state index contributed by atoms with van der Waals surface area (Å²) in [6, 6.07) is 25.2. The zero-order valence-corrected chi connectivity index (χ0v) is 25.3. The Morgan fingerprint density at radius 1 is 0.956 bits per heavy atom. The van der Waals surface area contributed by atoms with Gasteiger partial charge < -0.3 is 24.1 Å². The molecule has 9 nitrogen and oxygen atoms in total. The third kappa shape index (κ3) is 7.66. The van der Waals surface area contributed by atoms with Crippen molar-refractivity contribution in [2.24, 2.45) is 0 Å². The first-order valence-corrected chi connectivity index (χ1v) is 14.6. The monoisotopic (exact) mass is 623 g/mol. The number of aliphatic carboxylic acids is 1. The van der Waals surface area contributed by atoms with Gasteiger partial charge in [-0.15, -0.1) is 0 Å². The Hall–Kier alpha value is -5.22. The van der Waals surface area contributed by atoms with Gasteiger partial charge >= 0.3 is 5.97 Å². The number of ether oxygens (including phenoxy) is 4. The molecule has 10 heteroatoms. The van der Waals surface area contributed by atoms with Crippen molar-refractivity contribution in [2.75, 3.05) is 13.2 Å². The summed E-state index contributed by atoms with van der Waals surface area (Å²) in [4.78, 5) is 11.6. The van der Waals surface area contributed by atoms with E-state index in [1.54, 1.807) is 30.3 Å². The number of hydrogen-bond donors (Lipinski definition) is 2. The molecule has 4 aromatic carbocycles. The normalized spacial score (nSPS) is 12.4. The van der Waals surface area contributed by atoms with Crippen molar-refractivity contribution in [1.82, 2.24) is 5.32 Å².